The van der Waals surface area contributed by atoms with Crippen LogP contribution in [0.3, 0.4) is 0 Å². The summed E-state index contributed by atoms with van der Waals surface area (Å²) in [5.41, 5.74) is 0.862. The Kier molecular flexibility index (Phi) is 5.99. The molecule has 0 bridgehead atoms. The molecule has 176 valence electrons. The number of benzene rings is 2. The molecule has 1 N–H and O–H groups in total. The SMILES string of the molecule is CC[C@H](C(=O)Nc1cccc(C(F)(F)F)c1)n1nc(C)c2nn(-c3ccccc3)c(C)c2c1=O. The van der Waals surface area contributed by atoms with Gasteiger partial charge in [0.1, 0.15) is 11.6 Å². The summed E-state index contributed by atoms with van der Waals surface area (Å²) >= 11 is 0. The van der Waals surface area contributed by atoms with Crippen molar-refractivity contribution < 1.29 is 18.0 Å². The first-order valence-corrected chi connectivity index (χ1v) is 10.6. The summed E-state index contributed by atoms with van der Waals surface area (Å²) in [4.78, 5) is 26.4. The highest BCUT2D eigenvalue weighted by molar-refractivity contribution is 5.94. The summed E-state index contributed by atoms with van der Waals surface area (Å²) < 4.78 is 41.8. The molecule has 10 heteroatoms. The Hall–Kier alpha value is -3.95. The molecule has 7 nitrogen and oxygen atoms in total. The van der Waals surface area contributed by atoms with Crippen LogP contribution in [0.15, 0.2) is 59.4 Å². The molecule has 0 unspecified atom stereocenters. The number of nitrogens with one attached hydrogen (secondary N) is 1. The number of amides is 1. The smallest absolute Gasteiger partial charge is 0.324 e. The lowest BCUT2D eigenvalue weighted by Gasteiger charge is -2.18. The third kappa shape index (κ3) is 4.18. The van der Waals surface area contributed by atoms with Crippen LogP contribution in [0.2, 0.25) is 0 Å². The first-order valence-electron chi connectivity index (χ1n) is 10.6. The average Bonchev–Trinajstić information content (AvgIpc) is 3.16. The average molecular weight is 469 g/mol. The summed E-state index contributed by atoms with van der Waals surface area (Å²) in [5, 5.41) is 11.7. The fraction of sp³-hybridized carbons (Fsp3) is 0.250. The number of halogens is 3. The van der Waals surface area contributed by atoms with E-state index in [4.69, 9.17) is 0 Å². The molecule has 4 aromatic rings. The van der Waals surface area contributed by atoms with E-state index in [1.807, 2.05) is 30.3 Å². The third-order valence-corrected chi connectivity index (χ3v) is 5.58. The number of aromatic nitrogens is 4. The number of fused-ring (bicyclic) bond motifs is 1. The lowest BCUT2D eigenvalue weighted by Crippen LogP contribution is -2.35. The molecular weight excluding hydrogens is 447 g/mol. The van der Waals surface area contributed by atoms with E-state index in [0.717, 1.165) is 22.5 Å². The van der Waals surface area contributed by atoms with Crippen LogP contribution in [0.5, 0.6) is 0 Å². The van der Waals surface area contributed by atoms with E-state index in [9.17, 15) is 22.8 Å². The second kappa shape index (κ2) is 8.77. The molecule has 0 fully saturated rings. The van der Waals surface area contributed by atoms with Crippen LogP contribution in [0.1, 0.15) is 36.3 Å². The van der Waals surface area contributed by atoms with Gasteiger partial charge in [0.2, 0.25) is 5.91 Å². The number of carbonyl (C=O) groups is 1. The van der Waals surface area contributed by atoms with Crippen molar-refractivity contribution in [1.82, 2.24) is 19.6 Å². The van der Waals surface area contributed by atoms with Gasteiger partial charge in [0, 0.05) is 5.69 Å². The maximum absolute atomic E-state index is 13.4. The molecule has 2 heterocycles. The van der Waals surface area contributed by atoms with E-state index in [1.165, 1.54) is 12.1 Å². The molecule has 0 saturated heterocycles. The predicted octanol–water partition coefficient (Wildman–Crippen LogP) is 4.81. The van der Waals surface area contributed by atoms with Gasteiger partial charge in [0.05, 0.1) is 28.0 Å². The largest absolute Gasteiger partial charge is 0.416 e. The molecule has 34 heavy (non-hydrogen) atoms. The number of alkyl halides is 3. The first-order chi connectivity index (χ1) is 16.1. The fourth-order valence-corrected chi connectivity index (χ4v) is 3.88. The van der Waals surface area contributed by atoms with Crippen LogP contribution in [0.4, 0.5) is 18.9 Å². The molecule has 0 saturated carbocycles. The Balaban J connectivity index is 1.75. The van der Waals surface area contributed by atoms with Crippen LogP contribution >= 0.6 is 0 Å². The number of rotatable bonds is 5. The summed E-state index contributed by atoms with van der Waals surface area (Å²) in [6.45, 7) is 5.15. The maximum Gasteiger partial charge on any atom is 0.416 e. The second-order valence-corrected chi connectivity index (χ2v) is 7.88. The number of hydrogen-bond donors (Lipinski definition) is 1. The minimum atomic E-state index is -4.54. The van der Waals surface area contributed by atoms with Crippen LogP contribution in [0.25, 0.3) is 16.6 Å². The van der Waals surface area contributed by atoms with Crippen LogP contribution < -0.4 is 10.9 Å². The number of para-hydroxylation sites is 1. The van der Waals surface area contributed by atoms with Crippen LogP contribution in [-0.4, -0.2) is 25.5 Å². The van der Waals surface area contributed by atoms with Gasteiger partial charge in [-0.2, -0.15) is 23.4 Å². The Morgan fingerprint density at radius 3 is 2.41 bits per heavy atom. The number of aryl methyl sites for hydroxylation is 2. The van der Waals surface area contributed by atoms with Crippen molar-refractivity contribution in [1.29, 1.82) is 0 Å². The van der Waals surface area contributed by atoms with Crippen molar-refractivity contribution in [3.05, 3.63) is 81.9 Å². The molecule has 2 aromatic heterocycles. The van der Waals surface area contributed by atoms with E-state index in [2.05, 4.69) is 15.5 Å². The Morgan fingerprint density at radius 1 is 1.06 bits per heavy atom. The monoisotopic (exact) mass is 469 g/mol. The molecule has 0 aliphatic heterocycles. The van der Waals surface area contributed by atoms with Gasteiger partial charge in [-0.25, -0.2) is 9.36 Å². The van der Waals surface area contributed by atoms with Crippen molar-refractivity contribution in [2.24, 2.45) is 0 Å². The minimum Gasteiger partial charge on any atom is -0.324 e. The third-order valence-electron chi connectivity index (χ3n) is 5.58. The summed E-state index contributed by atoms with van der Waals surface area (Å²) in [5.74, 6) is -0.636. The van der Waals surface area contributed by atoms with Crippen molar-refractivity contribution in [2.75, 3.05) is 5.32 Å². The maximum atomic E-state index is 13.4. The number of nitrogens with zero attached hydrogens (tertiary/aromatic N) is 4. The van der Waals surface area contributed by atoms with Gasteiger partial charge in [0.15, 0.2) is 0 Å². The molecule has 1 amide bonds. The fourth-order valence-electron chi connectivity index (χ4n) is 3.88. The summed E-state index contributed by atoms with van der Waals surface area (Å²) in [6, 6.07) is 12.6. The lowest BCUT2D eigenvalue weighted by molar-refractivity contribution is -0.137. The molecule has 0 spiro atoms. The summed E-state index contributed by atoms with van der Waals surface area (Å²) in [6.07, 6.45) is -4.34. The van der Waals surface area contributed by atoms with Gasteiger partial charge in [-0.3, -0.25) is 9.59 Å². The van der Waals surface area contributed by atoms with Crippen molar-refractivity contribution in [3.63, 3.8) is 0 Å². The Labute approximate surface area is 192 Å². The quantitative estimate of drug-likeness (QED) is 0.455. The molecular formula is C24H22F3N5O2. The van der Waals surface area contributed by atoms with Crippen molar-refractivity contribution >= 4 is 22.5 Å². The zero-order chi connectivity index (χ0) is 24.6. The normalized spacial score (nSPS) is 12.6. The van der Waals surface area contributed by atoms with Gasteiger partial charge in [0.25, 0.3) is 5.56 Å². The van der Waals surface area contributed by atoms with Crippen molar-refractivity contribution in [2.45, 2.75) is 39.4 Å². The van der Waals surface area contributed by atoms with E-state index in [0.29, 0.717) is 22.3 Å². The highest BCUT2D eigenvalue weighted by Crippen LogP contribution is 2.31. The highest BCUT2D eigenvalue weighted by Gasteiger charge is 2.31. The van der Waals surface area contributed by atoms with Gasteiger partial charge in [-0.1, -0.05) is 31.2 Å². The van der Waals surface area contributed by atoms with Gasteiger partial charge in [-0.05, 0) is 50.6 Å². The molecule has 4 rings (SSSR count). The molecule has 1 atom stereocenters. The number of anilines is 1. The molecule has 2 aromatic carbocycles. The number of hydrogen-bond acceptors (Lipinski definition) is 4. The van der Waals surface area contributed by atoms with Crippen LogP contribution in [0, 0.1) is 13.8 Å². The molecule has 0 radical (unpaired) electrons. The Morgan fingerprint density at radius 2 is 1.76 bits per heavy atom. The van der Waals surface area contributed by atoms with Crippen LogP contribution in [-0.2, 0) is 11.0 Å². The first kappa shape index (κ1) is 23.2. The van der Waals surface area contributed by atoms with Gasteiger partial charge in [-0.15, -0.1) is 0 Å². The highest BCUT2D eigenvalue weighted by atomic mass is 19.4. The van der Waals surface area contributed by atoms with Crippen molar-refractivity contribution in [3.8, 4) is 5.69 Å². The Bertz CT molecular complexity index is 1420. The van der Waals surface area contributed by atoms with E-state index < -0.39 is 29.2 Å². The second-order valence-electron chi connectivity index (χ2n) is 7.88. The lowest BCUT2D eigenvalue weighted by atomic mass is 10.1. The molecule has 0 aliphatic rings. The van der Waals surface area contributed by atoms with E-state index in [-0.39, 0.29) is 12.1 Å². The number of carbonyl (C=O) groups excluding carboxylic acids is 1. The standard InChI is InChI=1S/C24H22F3N5O2/c1-4-19(22(33)28-17-10-8-9-16(13-17)24(25,26)27)32-23(34)20-15(3)31(18-11-6-5-7-12-18)30-21(20)14(2)29-32/h5-13,19H,4H2,1-3H3,(H,28,33)/t19-/m1/s1. The van der Waals surface area contributed by atoms with E-state index >= 15 is 0 Å². The zero-order valence-electron chi connectivity index (χ0n) is 18.7. The predicted molar refractivity (Wildman–Crippen MR) is 122 cm³/mol. The molecule has 0 aliphatic carbocycles. The van der Waals surface area contributed by atoms with Gasteiger partial charge < -0.3 is 5.32 Å². The summed E-state index contributed by atoms with van der Waals surface area (Å²) in [7, 11) is 0. The van der Waals surface area contributed by atoms with Gasteiger partial charge >= 0.3 is 6.18 Å². The minimum absolute atomic E-state index is 0.0165. The van der Waals surface area contributed by atoms with E-state index in [1.54, 1.807) is 25.5 Å². The topological polar surface area (TPSA) is 81.8 Å². The zero-order valence-corrected chi connectivity index (χ0v) is 18.7.